The van der Waals surface area contributed by atoms with E-state index in [1.54, 1.807) is 55.5 Å². The Kier molecular flexibility index (Phi) is 5.84. The summed E-state index contributed by atoms with van der Waals surface area (Å²) in [5, 5.41) is 10.5. The van der Waals surface area contributed by atoms with Crippen molar-refractivity contribution in [1.82, 2.24) is 20.4 Å². The van der Waals surface area contributed by atoms with Crippen molar-refractivity contribution in [2.45, 2.75) is 26.3 Å². The lowest BCUT2D eigenvalue weighted by Crippen LogP contribution is -2.45. The SMILES string of the molecule is CCCNC(=O)[C@H](C)NC(=O)c1nn(-c2ccccc2)c(=O)c2ccccc12. The molecule has 0 unspecified atom stereocenters. The molecule has 2 aromatic carbocycles. The van der Waals surface area contributed by atoms with E-state index in [0.29, 0.717) is 23.0 Å². The van der Waals surface area contributed by atoms with Crippen LogP contribution in [0.2, 0.25) is 0 Å². The summed E-state index contributed by atoms with van der Waals surface area (Å²) in [6.45, 7) is 4.10. The smallest absolute Gasteiger partial charge is 0.279 e. The van der Waals surface area contributed by atoms with Crippen molar-refractivity contribution >= 4 is 22.6 Å². The Morgan fingerprint density at radius 1 is 1.04 bits per heavy atom. The molecule has 3 rings (SSSR count). The molecule has 0 radical (unpaired) electrons. The number of rotatable bonds is 6. The van der Waals surface area contributed by atoms with Gasteiger partial charge in [0.25, 0.3) is 11.5 Å². The van der Waals surface area contributed by atoms with E-state index in [-0.39, 0.29) is 17.2 Å². The molecule has 2 N–H and O–H groups in total. The highest BCUT2D eigenvalue weighted by atomic mass is 16.2. The number of para-hydroxylation sites is 1. The monoisotopic (exact) mass is 378 g/mol. The third kappa shape index (κ3) is 3.93. The second-order valence-electron chi connectivity index (χ2n) is 6.43. The molecule has 0 aliphatic rings. The molecule has 0 aliphatic heterocycles. The molecule has 1 aromatic heterocycles. The van der Waals surface area contributed by atoms with Crippen LogP contribution in [0.4, 0.5) is 0 Å². The summed E-state index contributed by atoms with van der Waals surface area (Å²) in [7, 11) is 0. The molecule has 0 fully saturated rings. The van der Waals surface area contributed by atoms with Gasteiger partial charge in [0.2, 0.25) is 5.91 Å². The first-order valence-electron chi connectivity index (χ1n) is 9.19. The van der Waals surface area contributed by atoms with Gasteiger partial charge in [-0.3, -0.25) is 14.4 Å². The highest BCUT2D eigenvalue weighted by molar-refractivity contribution is 6.06. The predicted octanol–water partition coefficient (Wildman–Crippen LogP) is 2.03. The molecule has 1 heterocycles. The normalized spacial score (nSPS) is 11.8. The molecular formula is C21H22N4O3. The van der Waals surface area contributed by atoms with Crippen LogP contribution < -0.4 is 16.2 Å². The standard InChI is InChI=1S/C21H22N4O3/c1-3-13-22-19(26)14(2)23-20(27)18-16-11-7-8-12-17(16)21(28)25(24-18)15-9-5-4-6-10-15/h4-12,14H,3,13H2,1-2H3,(H,22,26)(H,23,27)/t14-/m0/s1. The van der Waals surface area contributed by atoms with Gasteiger partial charge >= 0.3 is 0 Å². The summed E-state index contributed by atoms with van der Waals surface area (Å²) in [5.41, 5.74) is 0.335. The Morgan fingerprint density at radius 2 is 1.68 bits per heavy atom. The van der Waals surface area contributed by atoms with Crippen LogP contribution in [0.1, 0.15) is 30.8 Å². The Bertz CT molecular complexity index is 1060. The van der Waals surface area contributed by atoms with E-state index < -0.39 is 11.9 Å². The zero-order valence-corrected chi connectivity index (χ0v) is 15.8. The van der Waals surface area contributed by atoms with Crippen molar-refractivity contribution in [2.75, 3.05) is 6.54 Å². The van der Waals surface area contributed by atoms with Crippen LogP contribution in [-0.2, 0) is 4.79 Å². The minimum Gasteiger partial charge on any atom is -0.354 e. The maximum Gasteiger partial charge on any atom is 0.279 e. The van der Waals surface area contributed by atoms with E-state index in [2.05, 4.69) is 15.7 Å². The second kappa shape index (κ2) is 8.47. The lowest BCUT2D eigenvalue weighted by Gasteiger charge is -2.15. The van der Waals surface area contributed by atoms with Crippen LogP contribution >= 0.6 is 0 Å². The molecule has 28 heavy (non-hydrogen) atoms. The van der Waals surface area contributed by atoms with Gasteiger partial charge in [0.15, 0.2) is 5.69 Å². The molecule has 3 aromatic rings. The van der Waals surface area contributed by atoms with Crippen molar-refractivity contribution in [1.29, 1.82) is 0 Å². The number of carbonyl (C=O) groups is 2. The van der Waals surface area contributed by atoms with Gasteiger partial charge in [-0.25, -0.2) is 0 Å². The van der Waals surface area contributed by atoms with E-state index in [9.17, 15) is 14.4 Å². The molecule has 0 aliphatic carbocycles. The van der Waals surface area contributed by atoms with E-state index in [1.807, 2.05) is 13.0 Å². The molecule has 2 amide bonds. The maximum absolute atomic E-state index is 12.9. The van der Waals surface area contributed by atoms with Gasteiger partial charge in [0, 0.05) is 11.9 Å². The third-order valence-corrected chi connectivity index (χ3v) is 4.31. The number of fused-ring (bicyclic) bond motifs is 1. The first-order valence-corrected chi connectivity index (χ1v) is 9.19. The maximum atomic E-state index is 12.9. The highest BCUT2D eigenvalue weighted by Gasteiger charge is 2.21. The second-order valence-corrected chi connectivity index (χ2v) is 6.43. The van der Waals surface area contributed by atoms with Crippen LogP contribution in [-0.4, -0.2) is 34.2 Å². The molecule has 7 nitrogen and oxygen atoms in total. The molecule has 0 spiro atoms. The lowest BCUT2D eigenvalue weighted by atomic mass is 10.1. The Morgan fingerprint density at radius 3 is 2.36 bits per heavy atom. The molecule has 0 saturated carbocycles. The van der Waals surface area contributed by atoms with Gasteiger partial charge in [0.05, 0.1) is 11.1 Å². The van der Waals surface area contributed by atoms with Gasteiger partial charge in [-0.15, -0.1) is 0 Å². The lowest BCUT2D eigenvalue weighted by molar-refractivity contribution is -0.122. The van der Waals surface area contributed by atoms with E-state index >= 15 is 0 Å². The molecular weight excluding hydrogens is 356 g/mol. The van der Waals surface area contributed by atoms with E-state index in [1.165, 1.54) is 4.68 Å². The van der Waals surface area contributed by atoms with Crippen LogP contribution in [0, 0.1) is 0 Å². The summed E-state index contributed by atoms with van der Waals surface area (Å²) in [6, 6.07) is 15.0. The number of hydrogen-bond donors (Lipinski definition) is 2. The minimum absolute atomic E-state index is 0.0918. The van der Waals surface area contributed by atoms with Crippen LogP contribution in [0.3, 0.4) is 0 Å². The molecule has 144 valence electrons. The van der Waals surface area contributed by atoms with Gasteiger partial charge in [-0.2, -0.15) is 9.78 Å². The molecule has 0 bridgehead atoms. The molecule has 0 saturated heterocycles. The number of carbonyl (C=O) groups excluding carboxylic acids is 2. The highest BCUT2D eigenvalue weighted by Crippen LogP contribution is 2.15. The summed E-state index contributed by atoms with van der Waals surface area (Å²) in [4.78, 5) is 37.8. The zero-order valence-electron chi connectivity index (χ0n) is 15.8. The number of benzene rings is 2. The summed E-state index contributed by atoms with van der Waals surface area (Å²) in [5.74, 6) is -0.782. The quantitative estimate of drug-likeness (QED) is 0.686. The Labute approximate surface area is 162 Å². The number of nitrogens with zero attached hydrogens (tertiary/aromatic N) is 2. The summed E-state index contributed by atoms with van der Waals surface area (Å²) < 4.78 is 1.21. The van der Waals surface area contributed by atoms with Gasteiger partial charge in [-0.05, 0) is 31.5 Å². The van der Waals surface area contributed by atoms with Crippen LogP contribution in [0.5, 0.6) is 0 Å². The first-order chi connectivity index (χ1) is 13.5. The van der Waals surface area contributed by atoms with Crippen molar-refractivity contribution < 1.29 is 9.59 Å². The first kappa shape index (κ1) is 19.3. The Balaban J connectivity index is 2.03. The number of aromatic nitrogens is 2. The largest absolute Gasteiger partial charge is 0.354 e. The summed E-state index contributed by atoms with van der Waals surface area (Å²) >= 11 is 0. The number of hydrogen-bond acceptors (Lipinski definition) is 4. The molecule has 7 heteroatoms. The van der Waals surface area contributed by atoms with Crippen molar-refractivity contribution in [2.24, 2.45) is 0 Å². The van der Waals surface area contributed by atoms with Gasteiger partial charge in [0.1, 0.15) is 6.04 Å². The van der Waals surface area contributed by atoms with Crippen molar-refractivity contribution in [3.05, 3.63) is 70.6 Å². The van der Waals surface area contributed by atoms with Gasteiger partial charge in [-0.1, -0.05) is 43.3 Å². The fraction of sp³-hybridized carbons (Fsp3) is 0.238. The van der Waals surface area contributed by atoms with Crippen LogP contribution in [0.15, 0.2) is 59.4 Å². The summed E-state index contributed by atoms with van der Waals surface area (Å²) in [6.07, 6.45) is 0.806. The average Bonchev–Trinajstić information content (AvgIpc) is 2.73. The van der Waals surface area contributed by atoms with Crippen molar-refractivity contribution in [3.8, 4) is 5.69 Å². The van der Waals surface area contributed by atoms with Crippen molar-refractivity contribution in [3.63, 3.8) is 0 Å². The number of nitrogens with one attached hydrogen (secondary N) is 2. The fourth-order valence-corrected chi connectivity index (χ4v) is 2.83. The van der Waals surface area contributed by atoms with Gasteiger partial charge < -0.3 is 10.6 Å². The minimum atomic E-state index is -0.725. The Hall–Kier alpha value is -3.48. The number of amides is 2. The van der Waals surface area contributed by atoms with E-state index in [4.69, 9.17) is 0 Å². The fourth-order valence-electron chi connectivity index (χ4n) is 2.83. The third-order valence-electron chi connectivity index (χ3n) is 4.31. The van der Waals surface area contributed by atoms with Crippen LogP contribution in [0.25, 0.3) is 16.5 Å². The van der Waals surface area contributed by atoms with E-state index in [0.717, 1.165) is 6.42 Å². The predicted molar refractivity (Wildman–Crippen MR) is 108 cm³/mol. The topological polar surface area (TPSA) is 93.1 Å². The molecule has 1 atom stereocenters. The zero-order chi connectivity index (χ0) is 20.1. The average molecular weight is 378 g/mol.